The van der Waals surface area contributed by atoms with E-state index in [9.17, 15) is 4.79 Å². The standard InChI is InChI=1S/C10H20N2O2/c1-8(2)5-9-7-14-4-3-12(9)6-10(11)13/h8-9H,3-7H2,1-2H3,(H2,11,13)/t9-/m0/s1. The largest absolute Gasteiger partial charge is 0.378 e. The van der Waals surface area contributed by atoms with Crippen LogP contribution in [-0.2, 0) is 9.53 Å². The lowest BCUT2D eigenvalue weighted by Gasteiger charge is -2.35. The molecule has 1 heterocycles. The van der Waals surface area contributed by atoms with Gasteiger partial charge in [0.1, 0.15) is 0 Å². The molecule has 0 aliphatic carbocycles. The number of rotatable bonds is 4. The molecular formula is C10H20N2O2. The number of carbonyl (C=O) groups is 1. The number of ether oxygens (including phenoxy) is 1. The van der Waals surface area contributed by atoms with Gasteiger partial charge in [-0.3, -0.25) is 9.69 Å². The molecule has 0 radical (unpaired) electrons. The third kappa shape index (κ3) is 3.64. The van der Waals surface area contributed by atoms with Crippen LogP contribution in [0, 0.1) is 5.92 Å². The number of morpholine rings is 1. The molecule has 14 heavy (non-hydrogen) atoms. The van der Waals surface area contributed by atoms with Crippen LogP contribution in [-0.4, -0.2) is 43.2 Å². The van der Waals surface area contributed by atoms with Crippen LogP contribution in [0.1, 0.15) is 20.3 Å². The van der Waals surface area contributed by atoms with Crippen molar-refractivity contribution in [1.29, 1.82) is 0 Å². The van der Waals surface area contributed by atoms with E-state index in [0.717, 1.165) is 19.6 Å². The van der Waals surface area contributed by atoms with Crippen molar-refractivity contribution >= 4 is 5.91 Å². The molecular weight excluding hydrogens is 180 g/mol. The highest BCUT2D eigenvalue weighted by molar-refractivity contribution is 5.75. The van der Waals surface area contributed by atoms with Crippen molar-refractivity contribution < 1.29 is 9.53 Å². The lowest BCUT2D eigenvalue weighted by atomic mass is 10.0. The first-order valence-corrected chi connectivity index (χ1v) is 5.19. The van der Waals surface area contributed by atoms with Gasteiger partial charge < -0.3 is 10.5 Å². The highest BCUT2D eigenvalue weighted by Crippen LogP contribution is 2.14. The molecule has 1 rings (SSSR count). The lowest BCUT2D eigenvalue weighted by molar-refractivity contribution is -0.121. The maximum absolute atomic E-state index is 10.8. The number of nitrogens with two attached hydrogens (primary N) is 1. The Hall–Kier alpha value is -0.610. The number of hydrogen-bond acceptors (Lipinski definition) is 3. The van der Waals surface area contributed by atoms with E-state index in [1.54, 1.807) is 0 Å². The summed E-state index contributed by atoms with van der Waals surface area (Å²) < 4.78 is 5.40. The molecule has 82 valence electrons. The minimum Gasteiger partial charge on any atom is -0.378 e. The van der Waals surface area contributed by atoms with Crippen LogP contribution in [0.3, 0.4) is 0 Å². The number of carbonyl (C=O) groups excluding carboxylic acids is 1. The Morgan fingerprint density at radius 2 is 2.36 bits per heavy atom. The molecule has 1 fully saturated rings. The average molecular weight is 200 g/mol. The molecule has 0 bridgehead atoms. The van der Waals surface area contributed by atoms with Crippen LogP contribution in [0.5, 0.6) is 0 Å². The van der Waals surface area contributed by atoms with E-state index < -0.39 is 0 Å². The molecule has 0 unspecified atom stereocenters. The zero-order valence-electron chi connectivity index (χ0n) is 9.03. The molecule has 0 saturated carbocycles. The van der Waals surface area contributed by atoms with Crippen LogP contribution in [0.4, 0.5) is 0 Å². The normalized spacial score (nSPS) is 24.1. The third-order valence-corrected chi connectivity index (χ3v) is 2.45. The summed E-state index contributed by atoms with van der Waals surface area (Å²) in [4.78, 5) is 13.0. The van der Waals surface area contributed by atoms with E-state index in [1.165, 1.54) is 0 Å². The fraction of sp³-hybridized carbons (Fsp3) is 0.900. The summed E-state index contributed by atoms with van der Waals surface area (Å²) in [5.74, 6) is 0.373. The Labute approximate surface area is 85.4 Å². The predicted molar refractivity (Wildman–Crippen MR) is 54.8 cm³/mol. The van der Waals surface area contributed by atoms with Crippen molar-refractivity contribution in [2.24, 2.45) is 11.7 Å². The molecule has 4 nitrogen and oxygen atoms in total. The molecule has 1 amide bonds. The summed E-state index contributed by atoms with van der Waals surface area (Å²) in [5, 5.41) is 0. The summed E-state index contributed by atoms with van der Waals surface area (Å²) in [6.07, 6.45) is 1.06. The Morgan fingerprint density at radius 1 is 1.64 bits per heavy atom. The topological polar surface area (TPSA) is 55.6 Å². The minimum absolute atomic E-state index is 0.249. The predicted octanol–water partition coefficient (Wildman–Crippen LogP) is 0.219. The van der Waals surface area contributed by atoms with Crippen molar-refractivity contribution in [1.82, 2.24) is 4.90 Å². The van der Waals surface area contributed by atoms with Crippen LogP contribution in [0.2, 0.25) is 0 Å². The second-order valence-electron chi connectivity index (χ2n) is 4.30. The number of amides is 1. The Kier molecular flexibility index (Phi) is 4.35. The van der Waals surface area contributed by atoms with Crippen LogP contribution in [0.15, 0.2) is 0 Å². The van der Waals surface area contributed by atoms with Crippen LogP contribution < -0.4 is 5.73 Å². The Balaban J connectivity index is 2.45. The van der Waals surface area contributed by atoms with Gasteiger partial charge in [-0.15, -0.1) is 0 Å². The maximum Gasteiger partial charge on any atom is 0.231 e. The van der Waals surface area contributed by atoms with E-state index in [-0.39, 0.29) is 5.91 Å². The third-order valence-electron chi connectivity index (χ3n) is 2.45. The molecule has 2 N–H and O–H groups in total. The van der Waals surface area contributed by atoms with Crippen molar-refractivity contribution in [2.75, 3.05) is 26.3 Å². The van der Waals surface area contributed by atoms with E-state index in [0.29, 0.717) is 25.1 Å². The minimum atomic E-state index is -0.249. The Morgan fingerprint density at radius 3 is 2.93 bits per heavy atom. The quantitative estimate of drug-likeness (QED) is 0.706. The van der Waals surface area contributed by atoms with E-state index in [4.69, 9.17) is 10.5 Å². The molecule has 1 aliphatic heterocycles. The summed E-state index contributed by atoms with van der Waals surface area (Å²) >= 11 is 0. The maximum atomic E-state index is 10.8. The number of hydrogen-bond donors (Lipinski definition) is 1. The summed E-state index contributed by atoms with van der Waals surface area (Å²) in [5.41, 5.74) is 5.19. The second-order valence-corrected chi connectivity index (χ2v) is 4.30. The van der Waals surface area contributed by atoms with Crippen LogP contribution >= 0.6 is 0 Å². The van der Waals surface area contributed by atoms with Crippen molar-refractivity contribution in [3.63, 3.8) is 0 Å². The fourth-order valence-corrected chi connectivity index (χ4v) is 1.86. The molecule has 1 atom stereocenters. The highest BCUT2D eigenvalue weighted by atomic mass is 16.5. The van der Waals surface area contributed by atoms with E-state index in [1.807, 2.05) is 0 Å². The molecule has 0 aromatic heterocycles. The Bertz CT molecular complexity index is 195. The smallest absolute Gasteiger partial charge is 0.231 e. The molecule has 4 heteroatoms. The molecule has 1 aliphatic rings. The SMILES string of the molecule is CC(C)C[C@H]1COCCN1CC(N)=O. The first kappa shape index (κ1) is 11.5. The molecule has 0 aromatic carbocycles. The molecule has 0 spiro atoms. The average Bonchev–Trinajstić information content (AvgIpc) is 2.06. The van der Waals surface area contributed by atoms with E-state index in [2.05, 4.69) is 18.7 Å². The lowest BCUT2D eigenvalue weighted by Crippen LogP contribution is -2.49. The van der Waals surface area contributed by atoms with Crippen LogP contribution in [0.25, 0.3) is 0 Å². The summed E-state index contributed by atoms with van der Waals surface area (Å²) in [6, 6.07) is 0.358. The first-order valence-electron chi connectivity index (χ1n) is 5.19. The van der Waals surface area contributed by atoms with Gasteiger partial charge in [0.15, 0.2) is 0 Å². The first-order chi connectivity index (χ1) is 6.59. The van der Waals surface area contributed by atoms with Gasteiger partial charge in [0, 0.05) is 12.6 Å². The molecule has 0 aromatic rings. The van der Waals surface area contributed by atoms with Crippen molar-refractivity contribution in [3.8, 4) is 0 Å². The fourth-order valence-electron chi connectivity index (χ4n) is 1.86. The summed E-state index contributed by atoms with van der Waals surface area (Å²) in [6.45, 7) is 6.97. The van der Waals surface area contributed by atoms with Crippen molar-refractivity contribution in [3.05, 3.63) is 0 Å². The van der Waals surface area contributed by atoms with E-state index >= 15 is 0 Å². The van der Waals surface area contributed by atoms with Crippen molar-refractivity contribution in [2.45, 2.75) is 26.3 Å². The van der Waals surface area contributed by atoms with Gasteiger partial charge in [-0.2, -0.15) is 0 Å². The number of primary amides is 1. The van der Waals surface area contributed by atoms with Gasteiger partial charge >= 0.3 is 0 Å². The zero-order valence-corrected chi connectivity index (χ0v) is 9.03. The monoisotopic (exact) mass is 200 g/mol. The van der Waals surface area contributed by atoms with Gasteiger partial charge in [0.2, 0.25) is 5.91 Å². The summed E-state index contributed by atoms with van der Waals surface area (Å²) in [7, 11) is 0. The highest BCUT2D eigenvalue weighted by Gasteiger charge is 2.24. The van der Waals surface area contributed by atoms with Gasteiger partial charge in [-0.25, -0.2) is 0 Å². The van der Waals surface area contributed by atoms with Gasteiger partial charge in [-0.05, 0) is 12.3 Å². The van der Waals surface area contributed by atoms with Gasteiger partial charge in [0.25, 0.3) is 0 Å². The molecule has 1 saturated heterocycles. The second kappa shape index (κ2) is 5.32. The van der Waals surface area contributed by atoms with Gasteiger partial charge in [-0.1, -0.05) is 13.8 Å². The number of nitrogens with zero attached hydrogens (tertiary/aromatic N) is 1. The zero-order chi connectivity index (χ0) is 10.6. The van der Waals surface area contributed by atoms with Gasteiger partial charge in [0.05, 0.1) is 19.8 Å².